The van der Waals surface area contributed by atoms with Crippen molar-refractivity contribution in [3.8, 4) is 0 Å². The van der Waals surface area contributed by atoms with Gasteiger partial charge in [-0.15, -0.1) is 0 Å². The van der Waals surface area contributed by atoms with Gasteiger partial charge in [0.2, 0.25) is 0 Å². The van der Waals surface area contributed by atoms with Gasteiger partial charge >= 0.3 is 0 Å². The minimum atomic E-state index is 0.528. The summed E-state index contributed by atoms with van der Waals surface area (Å²) in [6.07, 6.45) is 8.62. The van der Waals surface area contributed by atoms with Gasteiger partial charge in [-0.05, 0) is 36.3 Å². The Labute approximate surface area is 108 Å². The maximum Gasteiger partial charge on any atom is 0.129 e. The highest BCUT2D eigenvalue weighted by molar-refractivity contribution is 6.29. The standard InChI is InChI=1S/C14H18ClNO/c1-11-4-2-3-5-13(11)10-17-9-12-6-7-14(15)16-8-12/h2-3,6-8,11,13H,4-5,9-10H2,1H3. The second-order valence-electron chi connectivity index (χ2n) is 4.68. The van der Waals surface area contributed by atoms with Crippen molar-refractivity contribution >= 4 is 11.6 Å². The summed E-state index contributed by atoms with van der Waals surface area (Å²) in [5.74, 6) is 1.38. The van der Waals surface area contributed by atoms with Crippen LogP contribution >= 0.6 is 11.6 Å². The molecule has 0 saturated heterocycles. The lowest BCUT2D eigenvalue weighted by Crippen LogP contribution is -2.19. The van der Waals surface area contributed by atoms with Crippen molar-refractivity contribution in [2.45, 2.75) is 26.4 Å². The normalized spacial score (nSPS) is 23.9. The molecular formula is C14H18ClNO. The van der Waals surface area contributed by atoms with Crippen LogP contribution in [0.15, 0.2) is 30.5 Å². The SMILES string of the molecule is CC1CC=CCC1COCc1ccc(Cl)nc1. The lowest BCUT2D eigenvalue weighted by molar-refractivity contribution is 0.0679. The second kappa shape index (κ2) is 6.18. The third-order valence-corrected chi connectivity index (χ3v) is 3.53. The van der Waals surface area contributed by atoms with E-state index in [1.807, 2.05) is 6.07 Å². The molecule has 2 nitrogen and oxygen atoms in total. The van der Waals surface area contributed by atoms with Crippen molar-refractivity contribution in [1.82, 2.24) is 4.98 Å². The highest BCUT2D eigenvalue weighted by Gasteiger charge is 2.18. The third-order valence-electron chi connectivity index (χ3n) is 3.31. The maximum atomic E-state index is 5.75. The Bertz CT molecular complexity index is 374. The molecule has 1 aromatic heterocycles. The number of halogens is 1. The van der Waals surface area contributed by atoms with Gasteiger partial charge in [0.05, 0.1) is 13.2 Å². The molecule has 92 valence electrons. The zero-order valence-electron chi connectivity index (χ0n) is 10.1. The lowest BCUT2D eigenvalue weighted by Gasteiger charge is -2.24. The molecule has 1 aliphatic carbocycles. The van der Waals surface area contributed by atoms with E-state index in [0.717, 1.165) is 24.5 Å². The summed E-state index contributed by atoms with van der Waals surface area (Å²) in [7, 11) is 0. The molecule has 2 unspecified atom stereocenters. The van der Waals surface area contributed by atoms with Gasteiger partial charge in [-0.25, -0.2) is 4.98 Å². The largest absolute Gasteiger partial charge is 0.376 e. The van der Waals surface area contributed by atoms with Gasteiger partial charge < -0.3 is 4.74 Å². The molecule has 2 atom stereocenters. The Morgan fingerprint density at radius 1 is 1.35 bits per heavy atom. The van der Waals surface area contributed by atoms with Crippen LogP contribution in [0.3, 0.4) is 0 Å². The number of rotatable bonds is 4. The summed E-state index contributed by atoms with van der Waals surface area (Å²) < 4.78 is 5.75. The topological polar surface area (TPSA) is 22.1 Å². The van der Waals surface area contributed by atoms with Gasteiger partial charge in [0, 0.05) is 6.20 Å². The molecule has 3 heteroatoms. The molecule has 0 saturated carbocycles. The highest BCUT2D eigenvalue weighted by Crippen LogP contribution is 2.25. The van der Waals surface area contributed by atoms with E-state index in [-0.39, 0.29) is 0 Å². The van der Waals surface area contributed by atoms with Gasteiger partial charge in [-0.1, -0.05) is 36.7 Å². The number of hydrogen-bond donors (Lipinski definition) is 0. The summed E-state index contributed by atoms with van der Waals surface area (Å²) in [6.45, 7) is 3.74. The smallest absolute Gasteiger partial charge is 0.129 e. The molecule has 1 aliphatic rings. The molecule has 0 N–H and O–H groups in total. The number of ether oxygens (including phenoxy) is 1. The quantitative estimate of drug-likeness (QED) is 0.599. The summed E-state index contributed by atoms with van der Waals surface area (Å²) in [4.78, 5) is 4.03. The number of nitrogens with zero attached hydrogens (tertiary/aromatic N) is 1. The summed E-state index contributed by atoms with van der Waals surface area (Å²) in [5.41, 5.74) is 1.08. The predicted molar refractivity (Wildman–Crippen MR) is 69.9 cm³/mol. The van der Waals surface area contributed by atoms with Gasteiger partial charge in [0.25, 0.3) is 0 Å². The predicted octanol–water partition coefficient (Wildman–Crippen LogP) is 3.85. The molecule has 0 fully saturated rings. The van der Waals surface area contributed by atoms with Crippen molar-refractivity contribution in [3.05, 3.63) is 41.2 Å². The second-order valence-corrected chi connectivity index (χ2v) is 5.07. The van der Waals surface area contributed by atoms with Gasteiger partial charge in [-0.3, -0.25) is 0 Å². The van der Waals surface area contributed by atoms with E-state index in [9.17, 15) is 0 Å². The molecule has 0 radical (unpaired) electrons. The first kappa shape index (κ1) is 12.6. The summed E-state index contributed by atoms with van der Waals surface area (Å²) in [5, 5.41) is 0.528. The Morgan fingerprint density at radius 3 is 2.88 bits per heavy atom. The highest BCUT2D eigenvalue weighted by atomic mass is 35.5. The first-order valence-electron chi connectivity index (χ1n) is 6.09. The summed E-state index contributed by atoms with van der Waals surface area (Å²) in [6, 6.07) is 3.76. The molecule has 0 bridgehead atoms. The van der Waals surface area contributed by atoms with Crippen LogP contribution in [0.25, 0.3) is 0 Å². The summed E-state index contributed by atoms with van der Waals surface area (Å²) >= 11 is 5.73. The molecule has 1 heterocycles. The zero-order valence-corrected chi connectivity index (χ0v) is 10.9. The van der Waals surface area contributed by atoms with Crippen LogP contribution in [0.4, 0.5) is 0 Å². The van der Waals surface area contributed by atoms with Gasteiger partial charge in [0.15, 0.2) is 0 Å². The molecular weight excluding hydrogens is 234 g/mol. The first-order chi connectivity index (χ1) is 8.25. The van der Waals surface area contributed by atoms with E-state index in [0.29, 0.717) is 17.7 Å². The maximum absolute atomic E-state index is 5.75. The van der Waals surface area contributed by atoms with Gasteiger partial charge in [0.1, 0.15) is 5.15 Å². The average molecular weight is 252 g/mol. The van der Waals surface area contributed by atoms with Crippen LogP contribution in [0.1, 0.15) is 25.3 Å². The van der Waals surface area contributed by atoms with E-state index in [1.54, 1.807) is 12.3 Å². The Balaban J connectivity index is 1.75. The van der Waals surface area contributed by atoms with E-state index >= 15 is 0 Å². The van der Waals surface area contributed by atoms with Crippen LogP contribution in [-0.2, 0) is 11.3 Å². The fourth-order valence-corrected chi connectivity index (χ4v) is 2.17. The van der Waals surface area contributed by atoms with Crippen molar-refractivity contribution in [2.24, 2.45) is 11.8 Å². The van der Waals surface area contributed by atoms with Crippen LogP contribution in [0.5, 0.6) is 0 Å². The van der Waals surface area contributed by atoms with E-state index < -0.39 is 0 Å². The molecule has 0 aliphatic heterocycles. The van der Waals surface area contributed by atoms with Gasteiger partial charge in [-0.2, -0.15) is 0 Å². The van der Waals surface area contributed by atoms with Crippen molar-refractivity contribution in [3.63, 3.8) is 0 Å². The van der Waals surface area contributed by atoms with Crippen LogP contribution in [0.2, 0.25) is 5.15 Å². The van der Waals surface area contributed by atoms with Crippen molar-refractivity contribution < 1.29 is 4.74 Å². The number of hydrogen-bond acceptors (Lipinski definition) is 2. The number of aromatic nitrogens is 1. The Kier molecular flexibility index (Phi) is 4.57. The van der Waals surface area contributed by atoms with Crippen LogP contribution in [-0.4, -0.2) is 11.6 Å². The number of pyridine rings is 1. The van der Waals surface area contributed by atoms with Crippen molar-refractivity contribution in [2.75, 3.05) is 6.61 Å². The first-order valence-corrected chi connectivity index (χ1v) is 6.46. The average Bonchev–Trinajstić information content (AvgIpc) is 2.34. The number of allylic oxidation sites excluding steroid dienone is 2. The molecule has 0 spiro atoms. The molecule has 17 heavy (non-hydrogen) atoms. The fraction of sp³-hybridized carbons (Fsp3) is 0.500. The van der Waals surface area contributed by atoms with Crippen molar-refractivity contribution in [1.29, 1.82) is 0 Å². The zero-order chi connectivity index (χ0) is 12.1. The fourth-order valence-electron chi connectivity index (χ4n) is 2.06. The van der Waals surface area contributed by atoms with Crippen LogP contribution in [0, 0.1) is 11.8 Å². The Hall–Kier alpha value is -0.860. The minimum Gasteiger partial charge on any atom is -0.376 e. The Morgan fingerprint density at radius 2 is 2.18 bits per heavy atom. The monoisotopic (exact) mass is 251 g/mol. The van der Waals surface area contributed by atoms with E-state index in [2.05, 4.69) is 24.1 Å². The molecule has 0 aromatic carbocycles. The van der Waals surface area contributed by atoms with E-state index in [4.69, 9.17) is 16.3 Å². The van der Waals surface area contributed by atoms with E-state index in [1.165, 1.54) is 6.42 Å². The van der Waals surface area contributed by atoms with Crippen LogP contribution < -0.4 is 0 Å². The third kappa shape index (κ3) is 3.83. The lowest BCUT2D eigenvalue weighted by atomic mass is 9.85. The molecule has 1 aromatic rings. The minimum absolute atomic E-state index is 0.528. The molecule has 2 rings (SSSR count). The molecule has 0 amide bonds.